The molecule has 112 valence electrons. The van der Waals surface area contributed by atoms with Crippen molar-refractivity contribution in [1.82, 2.24) is 10.3 Å². The summed E-state index contributed by atoms with van der Waals surface area (Å²) in [7, 11) is -3.72. The molecule has 0 aliphatic heterocycles. The zero-order valence-corrected chi connectivity index (χ0v) is 12.0. The second-order valence-corrected chi connectivity index (χ2v) is 7.10. The molecular formula is C13H15N3O4S. The quantitative estimate of drug-likeness (QED) is 0.791. The average molecular weight is 309 g/mol. The Morgan fingerprint density at radius 2 is 2.19 bits per heavy atom. The summed E-state index contributed by atoms with van der Waals surface area (Å²) >= 11 is 0. The van der Waals surface area contributed by atoms with Crippen molar-refractivity contribution >= 4 is 32.5 Å². The molecule has 0 bridgehead atoms. The van der Waals surface area contributed by atoms with Gasteiger partial charge in [-0.15, -0.1) is 0 Å². The van der Waals surface area contributed by atoms with Gasteiger partial charge < -0.3 is 15.5 Å². The SMILES string of the molecule is Nc1ccc2oc(S(=O)(=O)CCC(=O)NC3CC3)nc2c1. The van der Waals surface area contributed by atoms with Gasteiger partial charge in [0.2, 0.25) is 15.7 Å². The minimum atomic E-state index is -3.72. The van der Waals surface area contributed by atoms with E-state index in [0.717, 1.165) is 12.8 Å². The van der Waals surface area contributed by atoms with Crippen LogP contribution in [0.4, 0.5) is 5.69 Å². The molecule has 1 aromatic carbocycles. The van der Waals surface area contributed by atoms with Gasteiger partial charge in [-0.1, -0.05) is 0 Å². The molecule has 0 unspecified atom stereocenters. The van der Waals surface area contributed by atoms with Gasteiger partial charge in [-0.3, -0.25) is 4.79 Å². The van der Waals surface area contributed by atoms with E-state index in [2.05, 4.69) is 10.3 Å². The van der Waals surface area contributed by atoms with Crippen molar-refractivity contribution < 1.29 is 17.6 Å². The molecule has 1 fully saturated rings. The first kappa shape index (κ1) is 13.9. The summed E-state index contributed by atoms with van der Waals surface area (Å²) in [5.41, 5.74) is 6.82. The van der Waals surface area contributed by atoms with Crippen LogP contribution in [0.5, 0.6) is 0 Å². The lowest BCUT2D eigenvalue weighted by atomic mass is 10.3. The predicted molar refractivity (Wildman–Crippen MR) is 76.3 cm³/mol. The van der Waals surface area contributed by atoms with Crippen LogP contribution in [0, 0.1) is 0 Å². The van der Waals surface area contributed by atoms with E-state index in [-0.39, 0.29) is 29.3 Å². The third-order valence-electron chi connectivity index (χ3n) is 3.20. The van der Waals surface area contributed by atoms with Gasteiger partial charge >= 0.3 is 5.22 Å². The van der Waals surface area contributed by atoms with Gasteiger partial charge in [0.15, 0.2) is 5.58 Å². The molecule has 1 heterocycles. The Kier molecular flexibility index (Phi) is 3.32. The molecule has 21 heavy (non-hydrogen) atoms. The van der Waals surface area contributed by atoms with Crippen LogP contribution < -0.4 is 11.1 Å². The van der Waals surface area contributed by atoms with Crippen molar-refractivity contribution in [3.05, 3.63) is 18.2 Å². The van der Waals surface area contributed by atoms with Crippen molar-refractivity contribution in [3.8, 4) is 0 Å². The van der Waals surface area contributed by atoms with Crippen LogP contribution in [-0.4, -0.2) is 31.1 Å². The first-order valence-corrected chi connectivity index (χ1v) is 8.27. The fraction of sp³-hybridized carbons (Fsp3) is 0.385. The number of hydrogen-bond acceptors (Lipinski definition) is 6. The van der Waals surface area contributed by atoms with Crippen LogP contribution in [0.3, 0.4) is 0 Å². The topological polar surface area (TPSA) is 115 Å². The summed E-state index contributed by atoms with van der Waals surface area (Å²) in [5.74, 6) is -0.588. The molecule has 7 nitrogen and oxygen atoms in total. The Hall–Kier alpha value is -2.09. The number of fused-ring (bicyclic) bond motifs is 1. The monoisotopic (exact) mass is 309 g/mol. The molecule has 3 N–H and O–H groups in total. The summed E-state index contributed by atoms with van der Waals surface area (Å²) in [6, 6.07) is 4.92. The molecule has 8 heteroatoms. The Morgan fingerprint density at radius 1 is 1.43 bits per heavy atom. The summed E-state index contributed by atoms with van der Waals surface area (Å²) in [6.07, 6.45) is 1.83. The Labute approximate surface area is 121 Å². The number of anilines is 1. The summed E-state index contributed by atoms with van der Waals surface area (Å²) < 4.78 is 29.5. The molecule has 3 rings (SSSR count). The predicted octanol–water partition coefficient (Wildman–Crippen LogP) is 0.852. The third-order valence-corrected chi connectivity index (χ3v) is 4.65. The van der Waals surface area contributed by atoms with Crippen LogP contribution in [0.1, 0.15) is 19.3 Å². The van der Waals surface area contributed by atoms with Crippen molar-refractivity contribution in [2.24, 2.45) is 0 Å². The van der Waals surface area contributed by atoms with Gasteiger partial charge in [0.1, 0.15) is 5.52 Å². The second-order valence-electron chi connectivity index (χ2n) is 5.12. The zero-order valence-electron chi connectivity index (χ0n) is 11.2. The number of nitrogen functional groups attached to an aromatic ring is 1. The number of aromatic nitrogens is 1. The highest BCUT2D eigenvalue weighted by atomic mass is 32.2. The van der Waals surface area contributed by atoms with E-state index >= 15 is 0 Å². The van der Waals surface area contributed by atoms with Crippen LogP contribution in [0.2, 0.25) is 0 Å². The minimum absolute atomic E-state index is 0.0975. The maximum Gasteiger partial charge on any atom is 0.316 e. The van der Waals surface area contributed by atoms with Crippen molar-refractivity contribution in [1.29, 1.82) is 0 Å². The summed E-state index contributed by atoms with van der Waals surface area (Å²) in [6.45, 7) is 0. The normalized spacial score (nSPS) is 15.2. The summed E-state index contributed by atoms with van der Waals surface area (Å²) in [5, 5.41) is 2.37. The molecule has 1 aromatic heterocycles. The Bertz CT molecular complexity index is 793. The van der Waals surface area contributed by atoms with Gasteiger partial charge in [0, 0.05) is 18.2 Å². The molecule has 0 atom stereocenters. The maximum absolute atomic E-state index is 12.1. The number of carbonyl (C=O) groups excluding carboxylic acids is 1. The number of nitrogens with zero attached hydrogens (tertiary/aromatic N) is 1. The second kappa shape index (κ2) is 5.03. The number of rotatable bonds is 5. The number of hydrogen-bond donors (Lipinski definition) is 2. The number of carbonyl (C=O) groups is 1. The minimum Gasteiger partial charge on any atom is -0.428 e. The van der Waals surface area contributed by atoms with E-state index in [0.29, 0.717) is 16.8 Å². The van der Waals surface area contributed by atoms with E-state index in [1.165, 1.54) is 6.07 Å². The van der Waals surface area contributed by atoms with E-state index in [4.69, 9.17) is 10.2 Å². The van der Waals surface area contributed by atoms with Crippen molar-refractivity contribution in [2.45, 2.75) is 30.5 Å². The number of nitrogens with two attached hydrogens (primary N) is 1. The Morgan fingerprint density at radius 3 is 2.90 bits per heavy atom. The van der Waals surface area contributed by atoms with Crippen molar-refractivity contribution in [2.75, 3.05) is 11.5 Å². The largest absolute Gasteiger partial charge is 0.428 e. The standard InChI is InChI=1S/C13H15N3O4S/c14-8-1-4-11-10(7-8)16-13(20-11)21(18,19)6-5-12(17)15-9-2-3-9/h1,4,7,9H,2-3,5-6,14H2,(H,15,17). The lowest BCUT2D eigenvalue weighted by Crippen LogP contribution is -2.27. The highest BCUT2D eigenvalue weighted by molar-refractivity contribution is 7.91. The van der Waals surface area contributed by atoms with E-state index < -0.39 is 9.84 Å². The Balaban J connectivity index is 1.74. The number of benzene rings is 1. The van der Waals surface area contributed by atoms with Crippen molar-refractivity contribution in [3.63, 3.8) is 0 Å². The zero-order chi connectivity index (χ0) is 15.0. The first-order chi connectivity index (χ1) is 9.94. The molecule has 0 radical (unpaired) electrons. The van der Waals surface area contributed by atoms with Gasteiger partial charge in [-0.2, -0.15) is 4.98 Å². The molecule has 0 saturated heterocycles. The van der Waals surface area contributed by atoms with Crippen LogP contribution >= 0.6 is 0 Å². The molecule has 1 saturated carbocycles. The fourth-order valence-corrected chi connectivity index (χ4v) is 2.98. The van der Waals surface area contributed by atoms with Gasteiger partial charge in [-0.25, -0.2) is 8.42 Å². The van der Waals surface area contributed by atoms with Gasteiger partial charge in [0.05, 0.1) is 5.75 Å². The maximum atomic E-state index is 12.1. The van der Waals surface area contributed by atoms with E-state index in [9.17, 15) is 13.2 Å². The molecule has 2 aromatic rings. The number of amides is 1. The van der Waals surface area contributed by atoms with Crippen LogP contribution in [-0.2, 0) is 14.6 Å². The summed E-state index contributed by atoms with van der Waals surface area (Å²) in [4.78, 5) is 15.5. The number of oxazole rings is 1. The number of sulfone groups is 1. The van der Waals surface area contributed by atoms with E-state index in [1.807, 2.05) is 0 Å². The highest BCUT2D eigenvalue weighted by Gasteiger charge is 2.26. The molecular weight excluding hydrogens is 294 g/mol. The molecule has 1 aliphatic carbocycles. The molecule has 0 spiro atoms. The molecule has 1 amide bonds. The highest BCUT2D eigenvalue weighted by Crippen LogP contribution is 2.22. The molecule has 1 aliphatic rings. The average Bonchev–Trinajstić information content (AvgIpc) is 3.12. The van der Waals surface area contributed by atoms with Gasteiger partial charge in [0.25, 0.3) is 0 Å². The lowest BCUT2D eigenvalue weighted by molar-refractivity contribution is -0.120. The van der Waals surface area contributed by atoms with E-state index in [1.54, 1.807) is 12.1 Å². The van der Waals surface area contributed by atoms with Gasteiger partial charge in [-0.05, 0) is 31.0 Å². The van der Waals surface area contributed by atoms with Crippen LogP contribution in [0.25, 0.3) is 11.1 Å². The number of nitrogens with one attached hydrogen (secondary N) is 1. The fourth-order valence-electron chi connectivity index (χ4n) is 1.90. The lowest BCUT2D eigenvalue weighted by Gasteiger charge is -2.02. The smallest absolute Gasteiger partial charge is 0.316 e. The first-order valence-electron chi connectivity index (χ1n) is 6.62. The van der Waals surface area contributed by atoms with Crippen LogP contribution in [0.15, 0.2) is 27.8 Å². The third kappa shape index (κ3) is 3.15.